The Morgan fingerprint density at radius 3 is 2.62 bits per heavy atom. The fourth-order valence-electron chi connectivity index (χ4n) is 4.88. The van der Waals surface area contributed by atoms with E-state index in [1.165, 1.54) is 11.0 Å². The van der Waals surface area contributed by atoms with Crippen LogP contribution in [0.4, 0.5) is 0 Å². The Morgan fingerprint density at radius 2 is 1.91 bits per heavy atom. The molecule has 34 heavy (non-hydrogen) atoms. The Bertz CT molecular complexity index is 1120. The van der Waals surface area contributed by atoms with E-state index in [0.717, 1.165) is 30.9 Å². The second-order valence-corrected chi connectivity index (χ2v) is 8.92. The van der Waals surface area contributed by atoms with E-state index in [1.807, 2.05) is 13.0 Å². The van der Waals surface area contributed by atoms with Crippen molar-refractivity contribution in [2.75, 3.05) is 26.2 Å². The van der Waals surface area contributed by atoms with Crippen molar-refractivity contribution in [2.45, 2.75) is 45.8 Å². The SMILES string of the molecule is CCN(CC)CCCN1C(=O)C(=O)/C(=C(/O)c2ccc3c(c2)C[C@@H](C)O3)[C@@H]1c1cccc(O)c1. The van der Waals surface area contributed by atoms with Crippen molar-refractivity contribution in [1.29, 1.82) is 0 Å². The Kier molecular flexibility index (Phi) is 6.93. The number of aliphatic hydroxyl groups excluding tert-OH is 1. The molecule has 2 aliphatic heterocycles. The minimum atomic E-state index is -0.771. The molecule has 2 aromatic carbocycles. The van der Waals surface area contributed by atoms with Gasteiger partial charge < -0.3 is 24.7 Å². The molecule has 2 heterocycles. The first-order valence-corrected chi connectivity index (χ1v) is 11.9. The molecule has 0 unspecified atom stereocenters. The smallest absolute Gasteiger partial charge is 0.295 e. The average Bonchev–Trinajstić information content (AvgIpc) is 3.32. The fraction of sp³-hybridized carbons (Fsp3) is 0.407. The van der Waals surface area contributed by atoms with Crippen molar-refractivity contribution < 1.29 is 24.5 Å². The Balaban J connectivity index is 1.73. The molecule has 1 fully saturated rings. The number of hydrogen-bond donors (Lipinski definition) is 2. The number of hydrogen-bond acceptors (Lipinski definition) is 6. The molecule has 2 aliphatic rings. The highest BCUT2D eigenvalue weighted by molar-refractivity contribution is 6.46. The Labute approximate surface area is 200 Å². The highest BCUT2D eigenvalue weighted by atomic mass is 16.5. The maximum absolute atomic E-state index is 13.2. The minimum absolute atomic E-state index is 0.0369. The molecule has 0 aromatic heterocycles. The number of aliphatic hydroxyl groups is 1. The van der Waals surface area contributed by atoms with Gasteiger partial charge in [-0.1, -0.05) is 26.0 Å². The third-order valence-electron chi connectivity index (χ3n) is 6.66. The molecule has 1 amide bonds. The van der Waals surface area contributed by atoms with E-state index < -0.39 is 17.7 Å². The van der Waals surface area contributed by atoms with Gasteiger partial charge in [-0.15, -0.1) is 0 Å². The van der Waals surface area contributed by atoms with E-state index in [2.05, 4.69) is 18.7 Å². The second-order valence-electron chi connectivity index (χ2n) is 8.92. The molecule has 0 bridgehead atoms. The van der Waals surface area contributed by atoms with Crippen LogP contribution in [0.5, 0.6) is 11.5 Å². The van der Waals surface area contributed by atoms with Crippen molar-refractivity contribution in [3.8, 4) is 11.5 Å². The number of aromatic hydroxyl groups is 1. The number of likely N-dealkylation sites (tertiary alicyclic amines) is 1. The number of phenols is 1. The summed E-state index contributed by atoms with van der Waals surface area (Å²) in [5.74, 6) is -0.744. The van der Waals surface area contributed by atoms with Crippen LogP contribution < -0.4 is 4.74 Å². The Hall–Kier alpha value is -3.32. The molecule has 2 atom stereocenters. The van der Waals surface area contributed by atoms with E-state index in [4.69, 9.17) is 4.74 Å². The summed E-state index contributed by atoms with van der Waals surface area (Å²) in [5.41, 5.74) is 2.06. The summed E-state index contributed by atoms with van der Waals surface area (Å²) >= 11 is 0. The number of phenolic OH excluding ortho intramolecular Hbond substituents is 1. The molecule has 2 aromatic rings. The van der Waals surface area contributed by atoms with Crippen LogP contribution in [0, 0.1) is 0 Å². The van der Waals surface area contributed by atoms with Crippen LogP contribution in [0.15, 0.2) is 48.0 Å². The molecule has 2 N–H and O–H groups in total. The topological polar surface area (TPSA) is 90.3 Å². The van der Waals surface area contributed by atoms with Crippen LogP contribution in [0.3, 0.4) is 0 Å². The van der Waals surface area contributed by atoms with Gasteiger partial charge in [0.1, 0.15) is 23.4 Å². The number of nitrogens with zero attached hydrogens (tertiary/aromatic N) is 2. The number of carbonyl (C=O) groups is 2. The van der Waals surface area contributed by atoms with E-state index in [9.17, 15) is 19.8 Å². The Morgan fingerprint density at radius 1 is 1.15 bits per heavy atom. The summed E-state index contributed by atoms with van der Waals surface area (Å²) in [6.45, 7) is 9.14. The third kappa shape index (κ3) is 4.53. The van der Waals surface area contributed by atoms with Gasteiger partial charge in [0.2, 0.25) is 0 Å². The standard InChI is InChI=1S/C27H32N2O5/c1-4-28(5-2)12-7-13-29-24(18-8-6-9-21(30)16-18)23(26(32)27(29)33)25(31)19-10-11-22-20(15-19)14-17(3)34-22/h6,8-11,15-17,24,30-31H,4-5,7,12-14H2,1-3H3/b25-23+/t17-,24+/m1/s1. The molecular weight excluding hydrogens is 432 g/mol. The fourth-order valence-corrected chi connectivity index (χ4v) is 4.88. The summed E-state index contributed by atoms with van der Waals surface area (Å²) in [5, 5.41) is 21.4. The normalized spacial score (nSPS) is 21.2. The summed E-state index contributed by atoms with van der Waals surface area (Å²) in [6.07, 6.45) is 1.46. The van der Waals surface area contributed by atoms with Crippen LogP contribution in [-0.4, -0.2) is 64.0 Å². The van der Waals surface area contributed by atoms with Crippen molar-refractivity contribution >= 4 is 17.4 Å². The number of benzene rings is 2. The van der Waals surface area contributed by atoms with Gasteiger partial charge in [-0.3, -0.25) is 9.59 Å². The number of carbonyl (C=O) groups excluding carboxylic acids is 2. The monoisotopic (exact) mass is 464 g/mol. The number of fused-ring (bicyclic) bond motifs is 1. The lowest BCUT2D eigenvalue weighted by atomic mass is 9.94. The number of rotatable bonds is 8. The maximum Gasteiger partial charge on any atom is 0.295 e. The molecule has 0 spiro atoms. The van der Waals surface area contributed by atoms with Crippen LogP contribution in [0.1, 0.15) is 49.9 Å². The van der Waals surface area contributed by atoms with Crippen LogP contribution in [0.2, 0.25) is 0 Å². The van der Waals surface area contributed by atoms with Gasteiger partial charge in [0.25, 0.3) is 11.7 Å². The quantitative estimate of drug-likeness (QED) is 0.350. The van der Waals surface area contributed by atoms with Crippen molar-refractivity contribution in [3.63, 3.8) is 0 Å². The van der Waals surface area contributed by atoms with E-state index >= 15 is 0 Å². The number of ether oxygens (including phenoxy) is 1. The van der Waals surface area contributed by atoms with Gasteiger partial charge >= 0.3 is 0 Å². The molecule has 1 saturated heterocycles. The number of ketones is 1. The molecular formula is C27H32N2O5. The van der Waals surface area contributed by atoms with E-state index in [-0.39, 0.29) is 23.2 Å². The number of Topliss-reactive ketones (excluding diaryl/α,β-unsaturated/α-hetero) is 1. The van der Waals surface area contributed by atoms with Gasteiger partial charge in [0, 0.05) is 18.5 Å². The first kappa shape index (κ1) is 23.8. The molecule has 0 aliphatic carbocycles. The van der Waals surface area contributed by atoms with Crippen LogP contribution >= 0.6 is 0 Å². The highest BCUT2D eigenvalue weighted by Crippen LogP contribution is 2.41. The van der Waals surface area contributed by atoms with E-state index in [1.54, 1.807) is 30.3 Å². The van der Waals surface area contributed by atoms with Crippen molar-refractivity contribution in [1.82, 2.24) is 9.80 Å². The predicted molar refractivity (Wildman–Crippen MR) is 130 cm³/mol. The van der Waals surface area contributed by atoms with Crippen molar-refractivity contribution in [3.05, 3.63) is 64.7 Å². The first-order chi connectivity index (χ1) is 16.3. The maximum atomic E-state index is 13.2. The lowest BCUT2D eigenvalue weighted by Gasteiger charge is -2.27. The number of amides is 1. The highest BCUT2D eigenvalue weighted by Gasteiger charge is 2.46. The lowest BCUT2D eigenvalue weighted by Crippen LogP contribution is -2.33. The zero-order chi connectivity index (χ0) is 24.4. The van der Waals surface area contributed by atoms with Gasteiger partial charge in [-0.2, -0.15) is 0 Å². The molecule has 0 saturated carbocycles. The van der Waals surface area contributed by atoms with Crippen LogP contribution in [0.25, 0.3) is 5.76 Å². The molecule has 4 rings (SSSR count). The first-order valence-electron chi connectivity index (χ1n) is 11.9. The largest absolute Gasteiger partial charge is 0.508 e. The second kappa shape index (κ2) is 9.89. The summed E-state index contributed by atoms with van der Waals surface area (Å²) in [7, 11) is 0. The third-order valence-corrected chi connectivity index (χ3v) is 6.66. The van der Waals surface area contributed by atoms with Gasteiger partial charge in [-0.05, 0) is 74.4 Å². The van der Waals surface area contributed by atoms with Gasteiger partial charge in [-0.25, -0.2) is 0 Å². The van der Waals surface area contributed by atoms with Crippen molar-refractivity contribution in [2.24, 2.45) is 0 Å². The lowest BCUT2D eigenvalue weighted by molar-refractivity contribution is -0.140. The molecule has 7 nitrogen and oxygen atoms in total. The zero-order valence-electron chi connectivity index (χ0n) is 20.0. The van der Waals surface area contributed by atoms with Gasteiger partial charge in [0.15, 0.2) is 0 Å². The summed E-state index contributed by atoms with van der Waals surface area (Å²) in [6, 6.07) is 11.1. The van der Waals surface area contributed by atoms with E-state index in [0.29, 0.717) is 30.5 Å². The predicted octanol–water partition coefficient (Wildman–Crippen LogP) is 3.87. The molecule has 0 radical (unpaired) electrons. The van der Waals surface area contributed by atoms with Gasteiger partial charge in [0.05, 0.1) is 11.6 Å². The minimum Gasteiger partial charge on any atom is -0.508 e. The average molecular weight is 465 g/mol. The zero-order valence-corrected chi connectivity index (χ0v) is 20.0. The molecule has 7 heteroatoms. The summed E-state index contributed by atoms with van der Waals surface area (Å²) < 4.78 is 5.75. The molecule has 180 valence electrons. The van der Waals surface area contributed by atoms with Crippen LogP contribution in [-0.2, 0) is 16.0 Å². The summed E-state index contributed by atoms with van der Waals surface area (Å²) in [4.78, 5) is 30.1.